The number of halogens is 2. The van der Waals surface area contributed by atoms with E-state index in [0.29, 0.717) is 32.7 Å². The van der Waals surface area contributed by atoms with Crippen molar-refractivity contribution in [2.24, 2.45) is 0 Å². The first-order valence-corrected chi connectivity index (χ1v) is 10.6. The number of anilines is 2. The van der Waals surface area contributed by atoms with Gasteiger partial charge in [-0.2, -0.15) is 0 Å². The van der Waals surface area contributed by atoms with Crippen LogP contribution in [-0.4, -0.2) is 24.7 Å². The Morgan fingerprint density at radius 1 is 0.967 bits per heavy atom. The van der Waals surface area contributed by atoms with Crippen LogP contribution in [0, 0.1) is 0 Å². The van der Waals surface area contributed by atoms with Crippen LogP contribution >= 0.6 is 35.0 Å². The molecule has 0 heterocycles. The molecule has 154 valence electrons. The van der Waals surface area contributed by atoms with Gasteiger partial charge in [0.1, 0.15) is 5.75 Å². The van der Waals surface area contributed by atoms with E-state index in [1.165, 1.54) is 11.8 Å². The first kappa shape index (κ1) is 22.0. The molecule has 0 aliphatic carbocycles. The Morgan fingerprint density at radius 3 is 2.43 bits per heavy atom. The van der Waals surface area contributed by atoms with Crippen LogP contribution in [0.5, 0.6) is 5.75 Å². The zero-order chi connectivity index (χ0) is 21.5. The number of nitrogens with one attached hydrogen (secondary N) is 2. The number of thioether (sulfide) groups is 1. The first-order chi connectivity index (χ1) is 14.4. The minimum absolute atomic E-state index is 0.181. The van der Waals surface area contributed by atoms with Gasteiger partial charge < -0.3 is 15.4 Å². The summed E-state index contributed by atoms with van der Waals surface area (Å²) in [7, 11) is 1.55. The van der Waals surface area contributed by atoms with Crippen LogP contribution in [0.4, 0.5) is 11.4 Å². The number of hydrogen-bond acceptors (Lipinski definition) is 4. The van der Waals surface area contributed by atoms with Crippen molar-refractivity contribution in [1.29, 1.82) is 0 Å². The lowest BCUT2D eigenvalue weighted by Gasteiger charge is -2.09. The van der Waals surface area contributed by atoms with E-state index in [9.17, 15) is 9.59 Å². The molecule has 0 saturated heterocycles. The molecule has 0 fully saturated rings. The Balaban J connectivity index is 1.52. The van der Waals surface area contributed by atoms with Crippen LogP contribution in [-0.2, 0) is 4.79 Å². The van der Waals surface area contributed by atoms with Crippen molar-refractivity contribution in [2.75, 3.05) is 23.5 Å². The summed E-state index contributed by atoms with van der Waals surface area (Å²) in [6.07, 6.45) is 0. The fourth-order valence-corrected chi connectivity index (χ4v) is 3.68. The van der Waals surface area contributed by atoms with Gasteiger partial charge in [-0.25, -0.2) is 0 Å². The fourth-order valence-electron chi connectivity index (χ4n) is 2.53. The van der Waals surface area contributed by atoms with E-state index < -0.39 is 0 Å². The van der Waals surface area contributed by atoms with Gasteiger partial charge in [0.2, 0.25) is 5.91 Å². The largest absolute Gasteiger partial charge is 0.497 e. The molecule has 0 radical (unpaired) electrons. The lowest BCUT2D eigenvalue weighted by Crippen LogP contribution is -2.14. The van der Waals surface area contributed by atoms with Crippen LogP contribution < -0.4 is 15.4 Å². The second-order valence-corrected chi connectivity index (χ2v) is 8.06. The number of methoxy groups -OCH3 is 1. The maximum absolute atomic E-state index is 12.4. The number of amides is 2. The van der Waals surface area contributed by atoms with Crippen molar-refractivity contribution in [1.82, 2.24) is 0 Å². The molecule has 3 rings (SSSR count). The summed E-state index contributed by atoms with van der Waals surface area (Å²) in [5.41, 5.74) is 1.68. The standard InChI is InChI=1S/C22H18Cl2N2O3S/c1-29-17-4-2-3-14(11-17)22(28)25-16-6-8-18(9-7-16)30-13-21(27)26-20-10-5-15(23)12-19(20)24/h2-12H,13H2,1H3,(H,25,28)(H,26,27). The minimum Gasteiger partial charge on any atom is -0.497 e. The number of rotatable bonds is 7. The summed E-state index contributed by atoms with van der Waals surface area (Å²) in [6, 6.07) is 19.1. The number of carbonyl (C=O) groups excluding carboxylic acids is 2. The maximum Gasteiger partial charge on any atom is 0.255 e. The van der Waals surface area contributed by atoms with Gasteiger partial charge in [-0.05, 0) is 60.7 Å². The molecular weight excluding hydrogens is 443 g/mol. The van der Waals surface area contributed by atoms with Crippen LogP contribution in [0.1, 0.15) is 10.4 Å². The second kappa shape index (κ2) is 10.4. The third kappa shape index (κ3) is 6.16. The molecule has 30 heavy (non-hydrogen) atoms. The normalized spacial score (nSPS) is 10.4. The van der Waals surface area contributed by atoms with E-state index in [2.05, 4.69) is 10.6 Å². The van der Waals surface area contributed by atoms with Gasteiger partial charge in [-0.1, -0.05) is 29.3 Å². The van der Waals surface area contributed by atoms with E-state index in [0.717, 1.165) is 4.90 Å². The van der Waals surface area contributed by atoms with Crippen molar-refractivity contribution in [3.63, 3.8) is 0 Å². The van der Waals surface area contributed by atoms with Crippen LogP contribution in [0.2, 0.25) is 10.0 Å². The van der Waals surface area contributed by atoms with Crippen LogP contribution in [0.25, 0.3) is 0 Å². The summed E-state index contributed by atoms with van der Waals surface area (Å²) < 4.78 is 5.14. The molecule has 5 nitrogen and oxygen atoms in total. The Kier molecular flexibility index (Phi) is 7.63. The summed E-state index contributed by atoms with van der Waals surface area (Å²) in [4.78, 5) is 25.4. The van der Waals surface area contributed by atoms with E-state index in [4.69, 9.17) is 27.9 Å². The average molecular weight is 461 g/mol. The van der Waals surface area contributed by atoms with Gasteiger partial charge in [-0.15, -0.1) is 11.8 Å². The maximum atomic E-state index is 12.4. The quantitative estimate of drug-likeness (QED) is 0.425. The third-order valence-corrected chi connectivity index (χ3v) is 5.58. The van der Waals surface area contributed by atoms with Gasteiger partial charge in [-0.3, -0.25) is 9.59 Å². The lowest BCUT2D eigenvalue weighted by atomic mass is 10.2. The highest BCUT2D eigenvalue weighted by Gasteiger charge is 2.09. The molecule has 8 heteroatoms. The predicted molar refractivity (Wildman–Crippen MR) is 123 cm³/mol. The second-order valence-electron chi connectivity index (χ2n) is 6.17. The zero-order valence-electron chi connectivity index (χ0n) is 15.9. The van der Waals surface area contributed by atoms with E-state index in [1.807, 2.05) is 12.1 Å². The topological polar surface area (TPSA) is 67.4 Å². The first-order valence-electron chi connectivity index (χ1n) is 8.88. The van der Waals surface area contributed by atoms with E-state index in [1.54, 1.807) is 61.7 Å². The van der Waals surface area contributed by atoms with Gasteiger partial charge in [0, 0.05) is 21.2 Å². The van der Waals surface area contributed by atoms with Crippen molar-refractivity contribution < 1.29 is 14.3 Å². The molecule has 0 aliphatic heterocycles. The molecule has 0 saturated carbocycles. The number of benzene rings is 3. The molecular formula is C22H18Cl2N2O3S. The molecule has 3 aromatic carbocycles. The summed E-state index contributed by atoms with van der Waals surface area (Å²) in [5, 5.41) is 6.48. The molecule has 0 aliphatic rings. The fraction of sp³-hybridized carbons (Fsp3) is 0.0909. The molecule has 2 amide bonds. The molecule has 0 unspecified atom stereocenters. The minimum atomic E-state index is -0.228. The molecule has 2 N–H and O–H groups in total. The number of carbonyl (C=O) groups is 2. The smallest absolute Gasteiger partial charge is 0.255 e. The van der Waals surface area contributed by atoms with Crippen molar-refractivity contribution >= 4 is 58.2 Å². The highest BCUT2D eigenvalue weighted by molar-refractivity contribution is 8.00. The molecule has 3 aromatic rings. The van der Waals surface area contributed by atoms with Gasteiger partial charge in [0.05, 0.1) is 23.6 Å². The Bertz CT molecular complexity index is 1060. The van der Waals surface area contributed by atoms with Gasteiger partial charge in [0.15, 0.2) is 0 Å². The van der Waals surface area contributed by atoms with E-state index in [-0.39, 0.29) is 17.6 Å². The Labute approximate surface area is 188 Å². The average Bonchev–Trinajstić information content (AvgIpc) is 2.75. The molecule has 0 bridgehead atoms. The molecule has 0 spiro atoms. The number of hydrogen-bond donors (Lipinski definition) is 2. The van der Waals surface area contributed by atoms with Crippen molar-refractivity contribution in [3.05, 3.63) is 82.3 Å². The van der Waals surface area contributed by atoms with Crippen LogP contribution in [0.3, 0.4) is 0 Å². The summed E-state index contributed by atoms with van der Waals surface area (Å²) >= 11 is 13.3. The van der Waals surface area contributed by atoms with Crippen LogP contribution in [0.15, 0.2) is 71.6 Å². The Morgan fingerprint density at radius 2 is 1.73 bits per heavy atom. The zero-order valence-corrected chi connectivity index (χ0v) is 18.3. The molecule has 0 aromatic heterocycles. The van der Waals surface area contributed by atoms with Crippen molar-refractivity contribution in [3.8, 4) is 5.75 Å². The lowest BCUT2D eigenvalue weighted by molar-refractivity contribution is -0.113. The van der Waals surface area contributed by atoms with Gasteiger partial charge >= 0.3 is 0 Å². The predicted octanol–water partition coefficient (Wildman–Crippen LogP) is 5.99. The monoisotopic (exact) mass is 460 g/mol. The highest BCUT2D eigenvalue weighted by Crippen LogP contribution is 2.26. The number of ether oxygens (including phenoxy) is 1. The van der Waals surface area contributed by atoms with Crippen molar-refractivity contribution in [2.45, 2.75) is 4.90 Å². The summed E-state index contributed by atoms with van der Waals surface area (Å²) in [6.45, 7) is 0. The van der Waals surface area contributed by atoms with E-state index >= 15 is 0 Å². The molecule has 0 atom stereocenters. The SMILES string of the molecule is COc1cccc(C(=O)Nc2ccc(SCC(=O)Nc3ccc(Cl)cc3Cl)cc2)c1. The third-order valence-electron chi connectivity index (χ3n) is 4.02. The Hall–Kier alpha value is -2.67. The van der Waals surface area contributed by atoms with Gasteiger partial charge in [0.25, 0.3) is 5.91 Å². The summed E-state index contributed by atoms with van der Waals surface area (Å²) in [5.74, 6) is 0.426. The highest BCUT2D eigenvalue weighted by atomic mass is 35.5.